The molecule has 2 rings (SSSR count). The second-order valence-corrected chi connectivity index (χ2v) is 7.68. The Bertz CT molecular complexity index is 630. The number of rotatable bonds is 7. The minimum atomic E-state index is -0.547. The second kappa shape index (κ2) is 8.54. The maximum Gasteiger partial charge on any atom is 0.251 e. The highest BCUT2D eigenvalue weighted by atomic mass is 16.5. The van der Waals surface area contributed by atoms with Gasteiger partial charge in [0.05, 0.1) is 6.61 Å². The highest BCUT2D eigenvalue weighted by Gasteiger charge is 2.38. The molecule has 1 aliphatic heterocycles. The van der Waals surface area contributed by atoms with Crippen molar-refractivity contribution in [2.75, 3.05) is 26.2 Å². The molecule has 1 aromatic carbocycles. The zero-order valence-corrected chi connectivity index (χ0v) is 16.2. The fraction of sp³-hybridized carbons (Fsp3) is 0.600. The van der Waals surface area contributed by atoms with Crippen LogP contribution in [0.2, 0.25) is 0 Å². The summed E-state index contributed by atoms with van der Waals surface area (Å²) >= 11 is 0. The van der Waals surface area contributed by atoms with Crippen LogP contribution in [-0.4, -0.2) is 49.0 Å². The Kier molecular flexibility index (Phi) is 6.64. The number of nitrogens with one attached hydrogen (secondary N) is 1. The minimum Gasteiger partial charge on any atom is -0.494 e. The van der Waals surface area contributed by atoms with Crippen LogP contribution in [0.1, 0.15) is 44.5 Å². The van der Waals surface area contributed by atoms with Crippen molar-refractivity contribution in [1.82, 2.24) is 10.2 Å². The molecule has 0 bridgehead atoms. The van der Waals surface area contributed by atoms with Gasteiger partial charge in [-0.15, -0.1) is 0 Å². The summed E-state index contributed by atoms with van der Waals surface area (Å²) < 4.78 is 5.39. The number of carbonyl (C=O) groups is 2. The van der Waals surface area contributed by atoms with Gasteiger partial charge in [0.1, 0.15) is 11.8 Å². The lowest BCUT2D eigenvalue weighted by atomic mass is 9.90. The van der Waals surface area contributed by atoms with E-state index in [9.17, 15) is 9.59 Å². The number of nitrogens with zero attached hydrogens (tertiary/aromatic N) is 1. The number of hydrogen-bond acceptors (Lipinski definition) is 4. The smallest absolute Gasteiger partial charge is 0.251 e. The van der Waals surface area contributed by atoms with Gasteiger partial charge in [-0.1, -0.05) is 20.8 Å². The van der Waals surface area contributed by atoms with E-state index in [0.29, 0.717) is 31.8 Å². The van der Waals surface area contributed by atoms with Crippen LogP contribution in [0.5, 0.6) is 5.75 Å². The summed E-state index contributed by atoms with van der Waals surface area (Å²) in [4.78, 5) is 27.4. The van der Waals surface area contributed by atoms with Gasteiger partial charge < -0.3 is 20.7 Å². The van der Waals surface area contributed by atoms with Crippen molar-refractivity contribution < 1.29 is 14.3 Å². The zero-order valence-electron chi connectivity index (χ0n) is 16.2. The van der Waals surface area contributed by atoms with Crippen molar-refractivity contribution in [3.05, 3.63) is 29.8 Å². The molecule has 2 amide bonds. The fourth-order valence-electron chi connectivity index (χ4n) is 3.18. The van der Waals surface area contributed by atoms with E-state index in [4.69, 9.17) is 10.5 Å². The first-order valence-electron chi connectivity index (χ1n) is 9.32. The Morgan fingerprint density at radius 3 is 2.46 bits per heavy atom. The summed E-state index contributed by atoms with van der Waals surface area (Å²) in [6, 6.07) is 6.40. The lowest BCUT2D eigenvalue weighted by Gasteiger charge is -2.28. The van der Waals surface area contributed by atoms with Crippen LogP contribution in [0.3, 0.4) is 0 Å². The van der Waals surface area contributed by atoms with Gasteiger partial charge in [0, 0.05) is 18.7 Å². The van der Waals surface area contributed by atoms with Gasteiger partial charge in [0.2, 0.25) is 5.91 Å². The molecule has 6 heteroatoms. The van der Waals surface area contributed by atoms with Crippen molar-refractivity contribution in [3.8, 4) is 5.75 Å². The van der Waals surface area contributed by atoms with E-state index < -0.39 is 6.04 Å². The molecule has 0 saturated carbocycles. The minimum absolute atomic E-state index is 0.00104. The van der Waals surface area contributed by atoms with Crippen molar-refractivity contribution in [1.29, 1.82) is 0 Å². The van der Waals surface area contributed by atoms with E-state index in [1.54, 1.807) is 24.3 Å². The number of benzene rings is 1. The number of carbonyl (C=O) groups excluding carboxylic acids is 2. The quantitative estimate of drug-likeness (QED) is 0.778. The molecule has 144 valence electrons. The van der Waals surface area contributed by atoms with Crippen LogP contribution in [-0.2, 0) is 4.79 Å². The first kappa shape index (κ1) is 20.2. The molecule has 1 aromatic rings. The van der Waals surface area contributed by atoms with E-state index in [0.717, 1.165) is 12.2 Å². The van der Waals surface area contributed by atoms with E-state index in [1.807, 2.05) is 25.7 Å². The SMILES string of the molecule is CCOc1ccc(C(=O)NC(C(=O)N2CCC(C)(CN)C2)C(C)C)cc1. The molecule has 2 unspecified atom stereocenters. The number of likely N-dealkylation sites (tertiary alicyclic amines) is 1. The number of hydrogen-bond donors (Lipinski definition) is 2. The summed E-state index contributed by atoms with van der Waals surface area (Å²) in [7, 11) is 0. The summed E-state index contributed by atoms with van der Waals surface area (Å²) in [6.07, 6.45) is 0.896. The van der Waals surface area contributed by atoms with Gasteiger partial charge in [0.15, 0.2) is 0 Å². The van der Waals surface area contributed by atoms with Gasteiger partial charge in [-0.25, -0.2) is 0 Å². The van der Waals surface area contributed by atoms with Crippen molar-refractivity contribution in [2.24, 2.45) is 17.1 Å². The molecule has 1 aliphatic rings. The van der Waals surface area contributed by atoms with Crippen LogP contribution in [0, 0.1) is 11.3 Å². The average molecular weight is 361 g/mol. The molecule has 0 spiro atoms. The third kappa shape index (κ3) is 4.75. The third-order valence-electron chi connectivity index (χ3n) is 5.01. The molecule has 1 saturated heterocycles. The normalized spacial score (nSPS) is 20.9. The molecule has 1 heterocycles. The molecule has 26 heavy (non-hydrogen) atoms. The number of amides is 2. The lowest BCUT2D eigenvalue weighted by Crippen LogP contribution is -2.51. The van der Waals surface area contributed by atoms with Crippen LogP contribution in [0.25, 0.3) is 0 Å². The Morgan fingerprint density at radius 1 is 1.31 bits per heavy atom. The van der Waals surface area contributed by atoms with Crippen molar-refractivity contribution in [3.63, 3.8) is 0 Å². The first-order chi connectivity index (χ1) is 12.3. The Balaban J connectivity index is 2.05. The molecule has 6 nitrogen and oxygen atoms in total. The summed E-state index contributed by atoms with van der Waals surface area (Å²) in [5.74, 6) is 0.440. The predicted octanol–water partition coefficient (Wildman–Crippen LogP) is 2.04. The van der Waals surface area contributed by atoms with Crippen LogP contribution >= 0.6 is 0 Å². The highest BCUT2D eigenvalue weighted by Crippen LogP contribution is 2.29. The second-order valence-electron chi connectivity index (χ2n) is 7.68. The number of nitrogens with two attached hydrogens (primary N) is 1. The van der Waals surface area contributed by atoms with E-state index >= 15 is 0 Å². The number of ether oxygens (including phenoxy) is 1. The predicted molar refractivity (Wildman–Crippen MR) is 102 cm³/mol. The summed E-state index contributed by atoms with van der Waals surface area (Å²) in [6.45, 7) is 10.4. The Morgan fingerprint density at radius 2 is 1.96 bits per heavy atom. The van der Waals surface area contributed by atoms with Crippen molar-refractivity contribution >= 4 is 11.8 Å². The molecule has 3 N–H and O–H groups in total. The fourth-order valence-corrected chi connectivity index (χ4v) is 3.18. The van der Waals surface area contributed by atoms with Gasteiger partial charge >= 0.3 is 0 Å². The molecular weight excluding hydrogens is 330 g/mol. The van der Waals surface area contributed by atoms with Crippen LogP contribution in [0.4, 0.5) is 0 Å². The van der Waals surface area contributed by atoms with Crippen LogP contribution in [0.15, 0.2) is 24.3 Å². The Labute approximate surface area is 156 Å². The molecule has 1 fully saturated rings. The van der Waals surface area contributed by atoms with Crippen LogP contribution < -0.4 is 15.8 Å². The zero-order chi connectivity index (χ0) is 19.3. The first-order valence-corrected chi connectivity index (χ1v) is 9.32. The van der Waals surface area contributed by atoms with E-state index in [-0.39, 0.29) is 23.1 Å². The topological polar surface area (TPSA) is 84.7 Å². The Hall–Kier alpha value is -2.08. The van der Waals surface area contributed by atoms with E-state index in [2.05, 4.69) is 12.2 Å². The van der Waals surface area contributed by atoms with Crippen molar-refractivity contribution in [2.45, 2.75) is 40.2 Å². The monoisotopic (exact) mass is 361 g/mol. The highest BCUT2D eigenvalue weighted by molar-refractivity contribution is 5.97. The van der Waals surface area contributed by atoms with Gasteiger partial charge in [-0.2, -0.15) is 0 Å². The van der Waals surface area contributed by atoms with Gasteiger partial charge in [-0.05, 0) is 55.5 Å². The van der Waals surface area contributed by atoms with E-state index in [1.165, 1.54) is 0 Å². The molecule has 0 aromatic heterocycles. The molecular formula is C20H31N3O3. The van der Waals surface area contributed by atoms with Gasteiger partial charge in [-0.3, -0.25) is 9.59 Å². The summed E-state index contributed by atoms with van der Waals surface area (Å²) in [5, 5.41) is 2.90. The largest absolute Gasteiger partial charge is 0.494 e. The maximum atomic E-state index is 12.9. The molecule has 0 aliphatic carbocycles. The maximum absolute atomic E-state index is 12.9. The standard InChI is InChI=1S/C20H31N3O3/c1-5-26-16-8-6-15(7-9-16)18(24)22-17(14(2)3)19(25)23-11-10-20(4,12-21)13-23/h6-9,14,17H,5,10-13,21H2,1-4H3,(H,22,24). The van der Waals surface area contributed by atoms with Gasteiger partial charge in [0.25, 0.3) is 5.91 Å². The average Bonchev–Trinajstić information content (AvgIpc) is 3.02. The lowest BCUT2D eigenvalue weighted by molar-refractivity contribution is -0.133. The molecule has 0 radical (unpaired) electrons. The summed E-state index contributed by atoms with van der Waals surface area (Å²) in [5.41, 5.74) is 6.32. The molecule has 2 atom stereocenters. The third-order valence-corrected chi connectivity index (χ3v) is 5.01.